The van der Waals surface area contributed by atoms with Crippen LogP contribution in [-0.4, -0.2) is 25.8 Å². The quantitative estimate of drug-likeness (QED) is 0.626. The number of pyridine rings is 1. The highest BCUT2D eigenvalue weighted by Gasteiger charge is 2.11. The van der Waals surface area contributed by atoms with Crippen molar-refractivity contribution in [1.29, 1.82) is 0 Å². The summed E-state index contributed by atoms with van der Waals surface area (Å²) in [5.41, 5.74) is 6.52. The van der Waals surface area contributed by atoms with Crippen LogP contribution in [0.1, 0.15) is 0 Å². The first-order valence-electron chi connectivity index (χ1n) is 6.05. The molecule has 1 aromatic carbocycles. The average Bonchev–Trinajstić information content (AvgIpc) is 2.38. The van der Waals surface area contributed by atoms with Crippen LogP contribution < -0.4 is 15.2 Å². The predicted octanol–water partition coefficient (Wildman–Crippen LogP) is 2.14. The maximum absolute atomic E-state index is 11.9. The first kappa shape index (κ1) is 15.4. The van der Waals surface area contributed by atoms with Gasteiger partial charge in [-0.3, -0.25) is 4.72 Å². The van der Waals surface area contributed by atoms with E-state index < -0.39 is 10.0 Å². The van der Waals surface area contributed by atoms with Gasteiger partial charge in [0.15, 0.2) is 0 Å². The zero-order chi connectivity index (χ0) is 15.3. The van der Waals surface area contributed by atoms with Crippen molar-refractivity contribution >= 4 is 33.0 Å². The second-order valence-electron chi connectivity index (χ2n) is 4.21. The molecule has 0 saturated carbocycles. The number of nitrogens with zero attached hydrogens (tertiary/aromatic N) is 1. The molecule has 0 amide bonds. The fourth-order valence-corrected chi connectivity index (χ4v) is 2.63. The van der Waals surface area contributed by atoms with E-state index in [4.69, 9.17) is 22.1 Å². The molecule has 1 heterocycles. The van der Waals surface area contributed by atoms with E-state index in [0.717, 1.165) is 0 Å². The third-order valence-corrected chi connectivity index (χ3v) is 3.94. The molecule has 0 aliphatic heterocycles. The predicted molar refractivity (Wildman–Crippen MR) is 83.0 cm³/mol. The Balaban J connectivity index is 1.90. The van der Waals surface area contributed by atoms with E-state index in [1.807, 2.05) is 0 Å². The van der Waals surface area contributed by atoms with E-state index in [9.17, 15) is 8.42 Å². The molecular weight excluding hydrogens is 314 g/mol. The molecule has 0 spiro atoms. The van der Waals surface area contributed by atoms with Crippen molar-refractivity contribution in [3.05, 3.63) is 47.7 Å². The van der Waals surface area contributed by atoms with Crippen LogP contribution in [0.3, 0.4) is 0 Å². The molecule has 0 aliphatic carbocycles. The van der Waals surface area contributed by atoms with Gasteiger partial charge in [-0.15, -0.1) is 0 Å². The Hall–Kier alpha value is -1.99. The van der Waals surface area contributed by atoms with E-state index in [-0.39, 0.29) is 17.5 Å². The van der Waals surface area contributed by atoms with Crippen molar-refractivity contribution in [2.45, 2.75) is 0 Å². The van der Waals surface area contributed by atoms with Crippen molar-refractivity contribution in [3.63, 3.8) is 0 Å². The Morgan fingerprint density at radius 3 is 2.81 bits per heavy atom. The summed E-state index contributed by atoms with van der Waals surface area (Å²) in [6.07, 6.45) is 1.42. The molecule has 112 valence electrons. The summed E-state index contributed by atoms with van der Waals surface area (Å²) in [4.78, 5) is 3.77. The Kier molecular flexibility index (Phi) is 4.87. The Morgan fingerprint density at radius 1 is 1.29 bits per heavy atom. The lowest BCUT2D eigenvalue weighted by Gasteiger charge is -2.09. The molecule has 0 aliphatic rings. The summed E-state index contributed by atoms with van der Waals surface area (Å²) in [6.45, 7) is 0.0115. The Morgan fingerprint density at radius 2 is 2.10 bits per heavy atom. The Bertz CT molecular complexity index is 722. The number of benzene rings is 1. The number of sulfonamides is 1. The lowest BCUT2D eigenvalue weighted by atomic mass is 10.3. The van der Waals surface area contributed by atoms with Gasteiger partial charge in [0.05, 0.1) is 5.69 Å². The maximum atomic E-state index is 11.9. The highest BCUT2D eigenvalue weighted by molar-refractivity contribution is 7.92. The number of rotatable bonds is 6. The minimum absolute atomic E-state index is 0.0115. The average molecular weight is 328 g/mol. The number of nitrogens with one attached hydrogen (secondary N) is 1. The lowest BCUT2D eigenvalue weighted by molar-refractivity contribution is 0.341. The van der Waals surface area contributed by atoms with Crippen molar-refractivity contribution in [1.82, 2.24) is 4.98 Å². The van der Waals surface area contributed by atoms with E-state index in [2.05, 4.69) is 9.71 Å². The summed E-state index contributed by atoms with van der Waals surface area (Å²) < 4.78 is 31.5. The fourth-order valence-electron chi connectivity index (χ4n) is 1.57. The minimum atomic E-state index is -3.52. The standard InChI is InChI=1S/C13H14ClN3O3S/c14-13-9-11(4-5-16-13)17-21(18,19)7-6-20-12-3-1-2-10(15)8-12/h1-5,8-9H,6-7,15H2,(H,16,17). The van der Waals surface area contributed by atoms with E-state index >= 15 is 0 Å². The molecule has 2 rings (SSSR count). The number of anilines is 2. The van der Waals surface area contributed by atoms with Gasteiger partial charge in [0, 0.05) is 18.0 Å². The van der Waals surface area contributed by atoms with Gasteiger partial charge < -0.3 is 10.5 Å². The van der Waals surface area contributed by atoms with Gasteiger partial charge in [0.1, 0.15) is 23.3 Å². The number of ether oxygens (including phenoxy) is 1. The van der Waals surface area contributed by atoms with Crippen molar-refractivity contribution in [2.24, 2.45) is 0 Å². The third-order valence-electron chi connectivity index (χ3n) is 2.48. The molecule has 1 aromatic heterocycles. The van der Waals surface area contributed by atoms with Gasteiger partial charge in [-0.1, -0.05) is 17.7 Å². The molecule has 21 heavy (non-hydrogen) atoms. The number of aromatic nitrogens is 1. The van der Waals surface area contributed by atoms with Gasteiger partial charge in [-0.05, 0) is 24.3 Å². The van der Waals surface area contributed by atoms with Crippen LogP contribution >= 0.6 is 11.6 Å². The zero-order valence-electron chi connectivity index (χ0n) is 11.0. The van der Waals surface area contributed by atoms with Crippen LogP contribution in [0.15, 0.2) is 42.6 Å². The molecule has 8 heteroatoms. The topological polar surface area (TPSA) is 94.3 Å². The second kappa shape index (κ2) is 6.64. The maximum Gasteiger partial charge on any atom is 0.236 e. The molecule has 2 aromatic rings. The zero-order valence-corrected chi connectivity index (χ0v) is 12.6. The third kappa shape index (κ3) is 5.13. The van der Waals surface area contributed by atoms with Crippen LogP contribution in [0.25, 0.3) is 0 Å². The summed E-state index contributed by atoms with van der Waals surface area (Å²) >= 11 is 5.69. The van der Waals surface area contributed by atoms with Gasteiger partial charge in [0.2, 0.25) is 10.0 Å². The molecule has 3 N–H and O–H groups in total. The molecule has 0 unspecified atom stereocenters. The van der Waals surface area contributed by atoms with E-state index in [0.29, 0.717) is 17.1 Å². The highest BCUT2D eigenvalue weighted by atomic mass is 35.5. The molecule has 0 atom stereocenters. The number of nitrogen functional groups attached to an aromatic ring is 1. The largest absolute Gasteiger partial charge is 0.492 e. The first-order chi connectivity index (χ1) is 9.94. The number of nitrogens with two attached hydrogens (primary N) is 1. The molecule has 0 fully saturated rings. The van der Waals surface area contributed by atoms with E-state index in [1.54, 1.807) is 24.3 Å². The Labute approximate surface area is 128 Å². The van der Waals surface area contributed by atoms with Gasteiger partial charge in [-0.25, -0.2) is 13.4 Å². The van der Waals surface area contributed by atoms with Crippen LogP contribution in [0.2, 0.25) is 5.15 Å². The van der Waals surface area contributed by atoms with Crippen LogP contribution in [0.5, 0.6) is 5.75 Å². The van der Waals surface area contributed by atoms with Gasteiger partial charge in [-0.2, -0.15) is 0 Å². The molecule has 6 nitrogen and oxygen atoms in total. The fraction of sp³-hybridized carbons (Fsp3) is 0.154. The lowest BCUT2D eigenvalue weighted by Crippen LogP contribution is -2.21. The smallest absolute Gasteiger partial charge is 0.236 e. The molecule has 0 bridgehead atoms. The number of hydrogen-bond acceptors (Lipinski definition) is 5. The first-order valence-corrected chi connectivity index (χ1v) is 8.08. The highest BCUT2D eigenvalue weighted by Crippen LogP contribution is 2.15. The van der Waals surface area contributed by atoms with Gasteiger partial charge >= 0.3 is 0 Å². The van der Waals surface area contributed by atoms with Crippen LogP contribution in [-0.2, 0) is 10.0 Å². The summed E-state index contributed by atoms with van der Waals surface area (Å²) in [7, 11) is -3.52. The van der Waals surface area contributed by atoms with Crippen LogP contribution in [0.4, 0.5) is 11.4 Å². The minimum Gasteiger partial charge on any atom is -0.492 e. The monoisotopic (exact) mass is 327 g/mol. The van der Waals surface area contributed by atoms with Crippen molar-refractivity contribution in [3.8, 4) is 5.75 Å². The van der Waals surface area contributed by atoms with Crippen molar-refractivity contribution < 1.29 is 13.2 Å². The molecule has 0 radical (unpaired) electrons. The van der Waals surface area contributed by atoms with Gasteiger partial charge in [0.25, 0.3) is 0 Å². The summed E-state index contributed by atoms with van der Waals surface area (Å²) in [6, 6.07) is 9.73. The SMILES string of the molecule is Nc1cccc(OCCS(=O)(=O)Nc2ccnc(Cl)c2)c1. The van der Waals surface area contributed by atoms with Crippen LogP contribution in [0, 0.1) is 0 Å². The summed E-state index contributed by atoms with van der Waals surface area (Å²) in [5.74, 6) is 0.332. The molecule has 0 saturated heterocycles. The number of halogens is 1. The number of hydrogen-bond donors (Lipinski definition) is 2. The summed E-state index contributed by atoms with van der Waals surface area (Å²) in [5, 5.41) is 0.214. The van der Waals surface area contributed by atoms with E-state index in [1.165, 1.54) is 18.3 Å². The second-order valence-corrected chi connectivity index (χ2v) is 6.44. The van der Waals surface area contributed by atoms with Crippen molar-refractivity contribution in [2.75, 3.05) is 22.8 Å². The molecular formula is C13H14ClN3O3S. The normalized spacial score (nSPS) is 11.1.